The average molecular weight is 835 g/mol. The van der Waals surface area contributed by atoms with Crippen LogP contribution in [0.25, 0.3) is 0 Å². The minimum atomic E-state index is -0.762. The van der Waals surface area contributed by atoms with E-state index in [0.717, 1.165) is 69.6 Å². The van der Waals surface area contributed by atoms with Gasteiger partial charge in [-0.15, -0.1) is 0 Å². The molecule has 59 heavy (non-hydrogen) atoms. The van der Waals surface area contributed by atoms with Crippen LogP contribution in [0, 0.1) is 11.8 Å². The molecule has 0 spiro atoms. The number of unbranched alkanes of at least 4 members (excludes halogenated alkanes) is 32. The molecule has 0 amide bonds. The fourth-order valence-corrected chi connectivity index (χ4v) is 7.99. The molecule has 0 aromatic rings. The van der Waals surface area contributed by atoms with E-state index in [9.17, 15) is 14.4 Å². The molecule has 0 aliphatic rings. The monoisotopic (exact) mass is 835 g/mol. The summed E-state index contributed by atoms with van der Waals surface area (Å²) in [4.78, 5) is 37.9. The second-order valence-corrected chi connectivity index (χ2v) is 19.1. The normalized spacial score (nSPS) is 12.1. The van der Waals surface area contributed by atoms with Gasteiger partial charge in [-0.3, -0.25) is 14.4 Å². The highest BCUT2D eigenvalue weighted by Crippen LogP contribution is 2.17. The molecule has 6 nitrogen and oxygen atoms in total. The van der Waals surface area contributed by atoms with Crippen molar-refractivity contribution in [3.05, 3.63) is 0 Å². The Morgan fingerprint density at radius 1 is 0.322 bits per heavy atom. The first-order valence-electron chi connectivity index (χ1n) is 26.2. The largest absolute Gasteiger partial charge is 0.462 e. The van der Waals surface area contributed by atoms with Crippen LogP contribution in [0.4, 0.5) is 0 Å². The summed E-state index contributed by atoms with van der Waals surface area (Å²) >= 11 is 0. The molecule has 0 radical (unpaired) electrons. The van der Waals surface area contributed by atoms with E-state index in [1.807, 2.05) is 0 Å². The molecule has 0 fully saturated rings. The van der Waals surface area contributed by atoms with Crippen molar-refractivity contribution in [3.8, 4) is 0 Å². The molecule has 0 N–H and O–H groups in total. The molecule has 1 atom stereocenters. The van der Waals surface area contributed by atoms with Gasteiger partial charge in [0.2, 0.25) is 0 Å². The van der Waals surface area contributed by atoms with Crippen LogP contribution in [0.3, 0.4) is 0 Å². The molecule has 0 saturated heterocycles. The van der Waals surface area contributed by atoms with Gasteiger partial charge >= 0.3 is 17.9 Å². The van der Waals surface area contributed by atoms with E-state index < -0.39 is 6.10 Å². The summed E-state index contributed by atoms with van der Waals surface area (Å²) in [5, 5.41) is 0. The third kappa shape index (κ3) is 47.3. The van der Waals surface area contributed by atoms with Crippen LogP contribution in [0.15, 0.2) is 0 Å². The number of hydrogen-bond acceptors (Lipinski definition) is 6. The van der Waals surface area contributed by atoms with Crippen LogP contribution in [0.2, 0.25) is 0 Å². The summed E-state index contributed by atoms with van der Waals surface area (Å²) in [6.07, 6.45) is 46.6. The number of ether oxygens (including phenoxy) is 3. The lowest BCUT2D eigenvalue weighted by Gasteiger charge is -2.18. The van der Waals surface area contributed by atoms with Gasteiger partial charge in [-0.05, 0) is 31.1 Å². The Labute approximate surface area is 368 Å². The molecule has 0 rings (SSSR count). The molecule has 0 aliphatic heterocycles. The van der Waals surface area contributed by atoms with Gasteiger partial charge in [-0.2, -0.15) is 0 Å². The number of carbonyl (C=O) groups excluding carboxylic acids is 3. The minimum absolute atomic E-state index is 0.0640. The zero-order chi connectivity index (χ0) is 43.3. The number of rotatable bonds is 47. The fraction of sp³-hybridized carbons (Fsp3) is 0.943. The molecular formula is C53H102O6. The van der Waals surface area contributed by atoms with Crippen molar-refractivity contribution < 1.29 is 28.6 Å². The van der Waals surface area contributed by atoms with Crippen molar-refractivity contribution in [3.63, 3.8) is 0 Å². The third-order valence-corrected chi connectivity index (χ3v) is 12.0. The zero-order valence-electron chi connectivity index (χ0n) is 40.4. The van der Waals surface area contributed by atoms with Gasteiger partial charge in [0, 0.05) is 19.3 Å². The molecule has 0 bridgehead atoms. The molecule has 0 heterocycles. The summed E-state index contributed by atoms with van der Waals surface area (Å²) in [7, 11) is 0. The van der Waals surface area contributed by atoms with E-state index in [1.165, 1.54) is 180 Å². The van der Waals surface area contributed by atoms with Crippen molar-refractivity contribution in [1.82, 2.24) is 0 Å². The van der Waals surface area contributed by atoms with E-state index in [1.54, 1.807) is 0 Å². The highest BCUT2D eigenvalue weighted by molar-refractivity contribution is 5.71. The van der Waals surface area contributed by atoms with Gasteiger partial charge in [0.1, 0.15) is 13.2 Å². The molecule has 0 aromatic heterocycles. The third-order valence-electron chi connectivity index (χ3n) is 12.0. The van der Waals surface area contributed by atoms with Crippen molar-refractivity contribution in [2.45, 2.75) is 298 Å². The Hall–Kier alpha value is -1.59. The molecule has 0 unspecified atom stereocenters. The van der Waals surface area contributed by atoms with Crippen molar-refractivity contribution in [2.75, 3.05) is 13.2 Å². The van der Waals surface area contributed by atoms with Crippen LogP contribution in [0.5, 0.6) is 0 Å². The molecule has 6 heteroatoms. The topological polar surface area (TPSA) is 78.9 Å². The lowest BCUT2D eigenvalue weighted by atomic mass is 10.0. The number of carbonyl (C=O) groups is 3. The lowest BCUT2D eigenvalue weighted by Crippen LogP contribution is -2.30. The Morgan fingerprint density at radius 3 is 0.831 bits per heavy atom. The second kappa shape index (κ2) is 45.9. The molecule has 0 aliphatic carbocycles. The van der Waals surface area contributed by atoms with Gasteiger partial charge in [-0.1, -0.05) is 253 Å². The maximum absolute atomic E-state index is 12.8. The highest BCUT2D eigenvalue weighted by atomic mass is 16.6. The summed E-state index contributed by atoms with van der Waals surface area (Å²) in [5.41, 5.74) is 0. The van der Waals surface area contributed by atoms with Gasteiger partial charge in [0.05, 0.1) is 0 Å². The summed E-state index contributed by atoms with van der Waals surface area (Å²) in [6, 6.07) is 0. The maximum Gasteiger partial charge on any atom is 0.306 e. The SMILES string of the molecule is CCCCCCCCCCCCCCCCCCC(=O)OC[C@@H](COC(=O)CCCCCCCCCCCCCC(C)C)OC(=O)CCCCCCCCCCC(C)C. The van der Waals surface area contributed by atoms with Gasteiger partial charge < -0.3 is 14.2 Å². The van der Waals surface area contributed by atoms with E-state index in [0.29, 0.717) is 19.3 Å². The summed E-state index contributed by atoms with van der Waals surface area (Å²) in [6.45, 7) is 11.3. The standard InChI is InChI=1S/C53H102O6/c1-6-7-8-9-10-11-12-13-14-15-16-19-22-28-33-38-43-51(54)57-46-50(59-53(56)45-40-35-30-25-24-27-32-37-42-49(4)5)47-58-52(55)44-39-34-29-23-20-17-18-21-26-31-36-41-48(2)3/h48-50H,6-47H2,1-5H3/t50-/m0/s1. The van der Waals surface area contributed by atoms with Crippen LogP contribution < -0.4 is 0 Å². The minimum Gasteiger partial charge on any atom is -0.462 e. The smallest absolute Gasteiger partial charge is 0.306 e. The first kappa shape index (κ1) is 57.4. The fourth-order valence-electron chi connectivity index (χ4n) is 7.99. The van der Waals surface area contributed by atoms with Crippen LogP contribution in [0.1, 0.15) is 291 Å². The second-order valence-electron chi connectivity index (χ2n) is 19.1. The molecular weight excluding hydrogens is 733 g/mol. The summed E-state index contributed by atoms with van der Waals surface area (Å²) in [5.74, 6) is 0.771. The Kier molecular flexibility index (Phi) is 44.7. The first-order valence-corrected chi connectivity index (χ1v) is 26.2. The van der Waals surface area contributed by atoms with E-state index in [2.05, 4.69) is 34.6 Å². The van der Waals surface area contributed by atoms with E-state index in [-0.39, 0.29) is 31.1 Å². The predicted octanol–water partition coefficient (Wildman–Crippen LogP) is 16.9. The molecule has 0 aromatic carbocycles. The van der Waals surface area contributed by atoms with Crippen LogP contribution in [-0.4, -0.2) is 37.2 Å². The summed E-state index contributed by atoms with van der Waals surface area (Å²) < 4.78 is 16.8. The van der Waals surface area contributed by atoms with Crippen LogP contribution >= 0.6 is 0 Å². The zero-order valence-corrected chi connectivity index (χ0v) is 40.4. The van der Waals surface area contributed by atoms with Gasteiger partial charge in [-0.25, -0.2) is 0 Å². The first-order chi connectivity index (χ1) is 28.7. The molecule has 350 valence electrons. The Balaban J connectivity index is 4.28. The average Bonchev–Trinajstić information content (AvgIpc) is 3.20. The maximum atomic E-state index is 12.8. The predicted molar refractivity (Wildman–Crippen MR) is 252 cm³/mol. The Bertz CT molecular complexity index is 900. The van der Waals surface area contributed by atoms with Crippen molar-refractivity contribution in [1.29, 1.82) is 0 Å². The van der Waals surface area contributed by atoms with Crippen molar-refractivity contribution in [2.24, 2.45) is 11.8 Å². The quantitative estimate of drug-likeness (QED) is 0.0345. The number of esters is 3. The van der Waals surface area contributed by atoms with Crippen LogP contribution in [-0.2, 0) is 28.6 Å². The van der Waals surface area contributed by atoms with Gasteiger partial charge in [0.25, 0.3) is 0 Å². The number of hydrogen-bond donors (Lipinski definition) is 0. The van der Waals surface area contributed by atoms with Crippen molar-refractivity contribution >= 4 is 17.9 Å². The molecule has 0 saturated carbocycles. The van der Waals surface area contributed by atoms with E-state index >= 15 is 0 Å². The Morgan fingerprint density at radius 2 is 0.559 bits per heavy atom. The lowest BCUT2D eigenvalue weighted by molar-refractivity contribution is -0.167. The highest BCUT2D eigenvalue weighted by Gasteiger charge is 2.19. The van der Waals surface area contributed by atoms with Gasteiger partial charge in [0.15, 0.2) is 6.10 Å². The van der Waals surface area contributed by atoms with E-state index in [4.69, 9.17) is 14.2 Å².